The number of rotatable bonds is 6. The first-order chi connectivity index (χ1) is 9.76. The van der Waals surface area contributed by atoms with Gasteiger partial charge in [-0.2, -0.15) is 0 Å². The number of methoxy groups -OCH3 is 1. The zero-order valence-corrected chi connectivity index (χ0v) is 12.1. The second-order valence-electron chi connectivity index (χ2n) is 4.41. The Morgan fingerprint density at radius 2 is 2.00 bits per heavy atom. The van der Waals surface area contributed by atoms with Gasteiger partial charge in [0.1, 0.15) is 6.61 Å². The Kier molecular flexibility index (Phi) is 4.82. The predicted octanol–water partition coefficient (Wildman–Crippen LogP) is 3.27. The van der Waals surface area contributed by atoms with E-state index in [0.717, 1.165) is 29.3 Å². The monoisotopic (exact) mass is 272 g/mol. The van der Waals surface area contributed by atoms with Gasteiger partial charge in [-0.15, -0.1) is 0 Å². The van der Waals surface area contributed by atoms with Crippen LogP contribution in [0.15, 0.2) is 36.5 Å². The van der Waals surface area contributed by atoms with E-state index in [-0.39, 0.29) is 0 Å². The SMILES string of the molecule is CCc1ccc(OCc2cc(NC)ccn2)c(OC)c1. The van der Waals surface area contributed by atoms with Crippen LogP contribution in [0.1, 0.15) is 18.2 Å². The summed E-state index contributed by atoms with van der Waals surface area (Å²) < 4.78 is 11.2. The summed E-state index contributed by atoms with van der Waals surface area (Å²) >= 11 is 0. The zero-order valence-electron chi connectivity index (χ0n) is 12.1. The first-order valence-corrected chi connectivity index (χ1v) is 6.69. The molecule has 0 aliphatic rings. The number of nitrogens with zero attached hydrogens (tertiary/aromatic N) is 1. The van der Waals surface area contributed by atoms with Gasteiger partial charge in [0, 0.05) is 18.9 Å². The highest BCUT2D eigenvalue weighted by atomic mass is 16.5. The van der Waals surface area contributed by atoms with Crippen LogP contribution < -0.4 is 14.8 Å². The van der Waals surface area contributed by atoms with Gasteiger partial charge < -0.3 is 14.8 Å². The summed E-state index contributed by atoms with van der Waals surface area (Å²) in [6, 6.07) is 9.88. The lowest BCUT2D eigenvalue weighted by Crippen LogP contribution is -2.01. The van der Waals surface area contributed by atoms with Crippen LogP contribution in [0, 0.1) is 0 Å². The van der Waals surface area contributed by atoms with Crippen LogP contribution in [0.2, 0.25) is 0 Å². The van der Waals surface area contributed by atoms with Gasteiger partial charge in [0.2, 0.25) is 0 Å². The number of aryl methyl sites for hydroxylation is 1. The van der Waals surface area contributed by atoms with Crippen LogP contribution >= 0.6 is 0 Å². The van der Waals surface area contributed by atoms with Crippen molar-refractivity contribution in [3.8, 4) is 11.5 Å². The summed E-state index contributed by atoms with van der Waals surface area (Å²) in [6.45, 7) is 2.53. The Labute approximate surface area is 119 Å². The minimum Gasteiger partial charge on any atom is -0.493 e. The van der Waals surface area contributed by atoms with Gasteiger partial charge in [-0.05, 0) is 36.2 Å². The summed E-state index contributed by atoms with van der Waals surface area (Å²) in [5.41, 5.74) is 3.12. The minimum atomic E-state index is 0.414. The van der Waals surface area contributed by atoms with Crippen molar-refractivity contribution in [3.05, 3.63) is 47.8 Å². The van der Waals surface area contributed by atoms with Crippen molar-refractivity contribution in [2.24, 2.45) is 0 Å². The molecular weight excluding hydrogens is 252 g/mol. The van der Waals surface area contributed by atoms with Crippen LogP contribution in [0.25, 0.3) is 0 Å². The molecule has 0 aliphatic heterocycles. The second-order valence-corrected chi connectivity index (χ2v) is 4.41. The highest BCUT2D eigenvalue weighted by molar-refractivity contribution is 5.44. The highest BCUT2D eigenvalue weighted by Gasteiger charge is 2.06. The van der Waals surface area contributed by atoms with E-state index in [1.807, 2.05) is 31.3 Å². The highest BCUT2D eigenvalue weighted by Crippen LogP contribution is 2.29. The summed E-state index contributed by atoms with van der Waals surface area (Å²) in [5.74, 6) is 1.50. The summed E-state index contributed by atoms with van der Waals surface area (Å²) in [5, 5.41) is 3.08. The molecule has 0 aliphatic carbocycles. The normalized spacial score (nSPS) is 10.2. The molecule has 4 nitrogen and oxygen atoms in total. The van der Waals surface area contributed by atoms with Crippen molar-refractivity contribution in [1.82, 2.24) is 4.98 Å². The van der Waals surface area contributed by atoms with Gasteiger partial charge in [0.15, 0.2) is 11.5 Å². The topological polar surface area (TPSA) is 43.4 Å². The van der Waals surface area contributed by atoms with Gasteiger partial charge in [-0.1, -0.05) is 13.0 Å². The fourth-order valence-corrected chi connectivity index (χ4v) is 1.92. The van der Waals surface area contributed by atoms with Crippen molar-refractivity contribution < 1.29 is 9.47 Å². The molecule has 0 bridgehead atoms. The second kappa shape index (κ2) is 6.80. The third-order valence-electron chi connectivity index (χ3n) is 3.12. The van der Waals surface area contributed by atoms with E-state index < -0.39 is 0 Å². The molecule has 106 valence electrons. The van der Waals surface area contributed by atoms with E-state index in [4.69, 9.17) is 9.47 Å². The molecule has 2 aromatic rings. The van der Waals surface area contributed by atoms with E-state index >= 15 is 0 Å². The summed E-state index contributed by atoms with van der Waals surface area (Å²) in [7, 11) is 3.54. The number of hydrogen-bond donors (Lipinski definition) is 1. The molecule has 0 fully saturated rings. The molecule has 1 N–H and O–H groups in total. The Balaban J connectivity index is 2.10. The van der Waals surface area contributed by atoms with Crippen LogP contribution in [-0.4, -0.2) is 19.1 Å². The lowest BCUT2D eigenvalue weighted by molar-refractivity contribution is 0.280. The van der Waals surface area contributed by atoms with Crippen LogP contribution in [0.3, 0.4) is 0 Å². The van der Waals surface area contributed by atoms with Gasteiger partial charge >= 0.3 is 0 Å². The first kappa shape index (κ1) is 14.2. The van der Waals surface area contributed by atoms with Crippen LogP contribution in [0.5, 0.6) is 11.5 Å². The Morgan fingerprint density at radius 1 is 1.15 bits per heavy atom. The fourth-order valence-electron chi connectivity index (χ4n) is 1.92. The lowest BCUT2D eigenvalue weighted by Gasteiger charge is -2.12. The number of ether oxygens (including phenoxy) is 2. The maximum Gasteiger partial charge on any atom is 0.161 e. The third kappa shape index (κ3) is 3.41. The number of benzene rings is 1. The van der Waals surface area contributed by atoms with Gasteiger partial charge in [-0.25, -0.2) is 0 Å². The number of hydrogen-bond acceptors (Lipinski definition) is 4. The molecule has 20 heavy (non-hydrogen) atoms. The van der Waals surface area contributed by atoms with E-state index in [2.05, 4.69) is 23.3 Å². The molecule has 4 heteroatoms. The molecule has 1 heterocycles. The first-order valence-electron chi connectivity index (χ1n) is 6.69. The maximum atomic E-state index is 5.80. The number of nitrogens with one attached hydrogen (secondary N) is 1. The molecule has 0 atom stereocenters. The summed E-state index contributed by atoms with van der Waals surface area (Å²) in [6.07, 6.45) is 2.74. The molecule has 0 amide bonds. The van der Waals surface area contributed by atoms with Crippen LogP contribution in [0.4, 0.5) is 5.69 Å². The van der Waals surface area contributed by atoms with E-state index in [1.165, 1.54) is 5.56 Å². The van der Waals surface area contributed by atoms with Crippen LogP contribution in [-0.2, 0) is 13.0 Å². The van der Waals surface area contributed by atoms with Crippen molar-refractivity contribution in [1.29, 1.82) is 0 Å². The van der Waals surface area contributed by atoms with E-state index in [0.29, 0.717) is 6.61 Å². The lowest BCUT2D eigenvalue weighted by atomic mass is 10.1. The average Bonchev–Trinajstić information content (AvgIpc) is 2.52. The third-order valence-corrected chi connectivity index (χ3v) is 3.12. The predicted molar refractivity (Wildman–Crippen MR) is 80.5 cm³/mol. The number of aromatic nitrogens is 1. The average molecular weight is 272 g/mol. The Bertz CT molecular complexity index is 570. The molecule has 0 saturated carbocycles. The molecule has 0 unspecified atom stereocenters. The minimum absolute atomic E-state index is 0.414. The van der Waals surface area contributed by atoms with E-state index in [9.17, 15) is 0 Å². The van der Waals surface area contributed by atoms with Crippen molar-refractivity contribution in [2.75, 3.05) is 19.5 Å². The fraction of sp³-hybridized carbons (Fsp3) is 0.312. The molecule has 2 rings (SSSR count). The van der Waals surface area contributed by atoms with Gasteiger partial charge in [-0.3, -0.25) is 4.98 Å². The standard InChI is InChI=1S/C16H20N2O2/c1-4-12-5-6-15(16(9-12)19-3)20-11-14-10-13(17-2)7-8-18-14/h5-10H,4,11H2,1-3H3,(H,17,18). The largest absolute Gasteiger partial charge is 0.493 e. The number of pyridine rings is 1. The van der Waals surface area contributed by atoms with Gasteiger partial charge in [0.05, 0.1) is 12.8 Å². The maximum absolute atomic E-state index is 5.80. The molecule has 1 aromatic heterocycles. The van der Waals surface area contributed by atoms with Crippen molar-refractivity contribution in [2.45, 2.75) is 20.0 Å². The van der Waals surface area contributed by atoms with Crippen molar-refractivity contribution in [3.63, 3.8) is 0 Å². The number of anilines is 1. The van der Waals surface area contributed by atoms with Gasteiger partial charge in [0.25, 0.3) is 0 Å². The molecule has 1 aromatic carbocycles. The Morgan fingerprint density at radius 3 is 2.70 bits per heavy atom. The molecule has 0 spiro atoms. The molecule has 0 radical (unpaired) electrons. The summed E-state index contributed by atoms with van der Waals surface area (Å²) in [4.78, 5) is 4.29. The zero-order chi connectivity index (χ0) is 14.4. The van der Waals surface area contributed by atoms with Crippen molar-refractivity contribution >= 4 is 5.69 Å². The quantitative estimate of drug-likeness (QED) is 0.876. The smallest absolute Gasteiger partial charge is 0.161 e. The molecule has 0 saturated heterocycles. The Hall–Kier alpha value is -2.23. The van der Waals surface area contributed by atoms with E-state index in [1.54, 1.807) is 13.3 Å². The molecular formula is C16H20N2O2.